The number of nitrogens with two attached hydrogens (primary N) is 1. The quantitative estimate of drug-likeness (QED) is 0.713. The summed E-state index contributed by atoms with van der Waals surface area (Å²) >= 11 is 6.51. The van der Waals surface area contributed by atoms with Gasteiger partial charge in [0.15, 0.2) is 0 Å². The number of carbonyl (C=O) groups is 2. The number of nitrogens with zero attached hydrogens (tertiary/aromatic N) is 3. The van der Waals surface area contributed by atoms with Gasteiger partial charge in [0.25, 0.3) is 15.9 Å². The molecule has 0 unspecified atom stereocenters. The summed E-state index contributed by atoms with van der Waals surface area (Å²) in [5, 5.41) is 0.134. The summed E-state index contributed by atoms with van der Waals surface area (Å²) < 4.78 is 29.9. The Bertz CT molecular complexity index is 1200. The van der Waals surface area contributed by atoms with E-state index in [1.54, 1.807) is 30.3 Å². The molecule has 4 rings (SSSR count). The molecule has 0 aliphatic carbocycles. The summed E-state index contributed by atoms with van der Waals surface area (Å²) in [6, 6.07) is 11.6. The van der Waals surface area contributed by atoms with Gasteiger partial charge in [0.2, 0.25) is 5.91 Å². The number of hydrogen-bond acceptors (Lipinski definition) is 5. The van der Waals surface area contributed by atoms with Gasteiger partial charge >= 0.3 is 0 Å². The monoisotopic (exact) mass is 474 g/mol. The number of benzene rings is 2. The molecule has 32 heavy (non-hydrogen) atoms. The van der Waals surface area contributed by atoms with Crippen LogP contribution in [0.3, 0.4) is 0 Å². The third-order valence-corrected chi connectivity index (χ3v) is 7.21. The first kappa shape index (κ1) is 22.3. The molecule has 168 valence electrons. The van der Waals surface area contributed by atoms with Crippen LogP contribution in [0, 0.1) is 0 Å². The second-order valence-corrected chi connectivity index (χ2v) is 9.73. The number of hydrogen-bond donors (Lipinski definition) is 1. The van der Waals surface area contributed by atoms with Crippen molar-refractivity contribution in [3.63, 3.8) is 0 Å². The van der Waals surface area contributed by atoms with Crippen LogP contribution in [-0.4, -0.2) is 39.2 Å². The van der Waals surface area contributed by atoms with Gasteiger partial charge < -0.3 is 15.5 Å². The number of rotatable bonds is 5. The summed E-state index contributed by atoms with van der Waals surface area (Å²) in [4.78, 5) is 28.0. The van der Waals surface area contributed by atoms with Crippen LogP contribution >= 0.6 is 11.6 Å². The molecular weight excluding hydrogens is 452 g/mol. The molecule has 8 nitrogen and oxygen atoms in total. The molecule has 0 atom stereocenters. The van der Waals surface area contributed by atoms with Crippen LogP contribution in [0.1, 0.15) is 42.5 Å². The van der Waals surface area contributed by atoms with Crippen molar-refractivity contribution in [2.24, 2.45) is 10.1 Å². The van der Waals surface area contributed by atoms with Crippen LogP contribution in [-0.2, 0) is 14.8 Å². The molecular formula is C22H23ClN4O4S. The highest BCUT2D eigenvalue weighted by Crippen LogP contribution is 2.38. The van der Waals surface area contributed by atoms with Gasteiger partial charge in [-0.05, 0) is 37.1 Å². The summed E-state index contributed by atoms with van der Waals surface area (Å²) in [5.74, 6) is -0.565. The standard InChI is InChI=1S/C22H23ClN4O4S/c23-17-14-18-19(32(30,31)25-21-9-5-2-6-11-27(18)21)13-16(17)22(29)26(12-10-20(24)28)15-7-3-1-4-8-15/h1,3-4,7-8,13-14H,2,5-6,9-12H2,(H2,24,28). The van der Waals surface area contributed by atoms with Crippen molar-refractivity contribution in [2.45, 2.75) is 37.0 Å². The van der Waals surface area contributed by atoms with Gasteiger partial charge in [-0.3, -0.25) is 9.59 Å². The molecule has 0 radical (unpaired) electrons. The maximum Gasteiger partial charge on any atom is 0.286 e. The number of carbonyl (C=O) groups excluding carboxylic acids is 2. The highest BCUT2D eigenvalue weighted by Gasteiger charge is 2.34. The first-order valence-corrected chi connectivity index (χ1v) is 12.2. The van der Waals surface area contributed by atoms with E-state index in [0.717, 1.165) is 19.3 Å². The molecule has 1 fully saturated rings. The summed E-state index contributed by atoms with van der Waals surface area (Å²) in [6.45, 7) is 0.673. The Labute approximate surface area is 191 Å². The van der Waals surface area contributed by atoms with E-state index in [1.807, 2.05) is 4.90 Å². The van der Waals surface area contributed by atoms with Crippen LogP contribution in [0.15, 0.2) is 51.8 Å². The number of amides is 2. The zero-order chi connectivity index (χ0) is 22.9. The van der Waals surface area contributed by atoms with Gasteiger partial charge in [0.05, 0.1) is 16.3 Å². The van der Waals surface area contributed by atoms with E-state index in [4.69, 9.17) is 17.3 Å². The molecule has 2 amide bonds. The minimum Gasteiger partial charge on any atom is -0.370 e. The Balaban J connectivity index is 1.78. The van der Waals surface area contributed by atoms with E-state index >= 15 is 0 Å². The lowest BCUT2D eigenvalue weighted by atomic mass is 10.1. The lowest BCUT2D eigenvalue weighted by Gasteiger charge is -2.30. The second-order valence-electron chi connectivity index (χ2n) is 7.75. The van der Waals surface area contributed by atoms with Gasteiger partial charge in [-0.25, -0.2) is 0 Å². The zero-order valence-electron chi connectivity index (χ0n) is 17.3. The Morgan fingerprint density at radius 3 is 2.59 bits per heavy atom. The number of anilines is 2. The van der Waals surface area contributed by atoms with Crippen LogP contribution < -0.4 is 15.5 Å². The Morgan fingerprint density at radius 2 is 1.88 bits per heavy atom. The van der Waals surface area contributed by atoms with Crippen molar-refractivity contribution >= 4 is 50.6 Å². The maximum atomic E-state index is 13.5. The fraction of sp³-hybridized carbons (Fsp3) is 0.318. The van der Waals surface area contributed by atoms with Gasteiger partial charge in [-0.1, -0.05) is 36.2 Å². The fourth-order valence-corrected chi connectivity index (χ4v) is 5.49. The van der Waals surface area contributed by atoms with Crippen molar-refractivity contribution in [1.82, 2.24) is 0 Å². The predicted molar refractivity (Wildman–Crippen MR) is 124 cm³/mol. The van der Waals surface area contributed by atoms with E-state index in [2.05, 4.69) is 4.40 Å². The summed E-state index contributed by atoms with van der Waals surface area (Å²) in [7, 11) is -3.97. The largest absolute Gasteiger partial charge is 0.370 e. The van der Waals surface area contributed by atoms with E-state index in [0.29, 0.717) is 30.2 Å². The number of amidine groups is 1. The van der Waals surface area contributed by atoms with Gasteiger partial charge in [-0.15, -0.1) is 4.40 Å². The first-order valence-electron chi connectivity index (χ1n) is 10.4. The van der Waals surface area contributed by atoms with E-state index in [9.17, 15) is 18.0 Å². The minimum atomic E-state index is -3.97. The molecule has 2 aromatic carbocycles. The van der Waals surface area contributed by atoms with Crippen molar-refractivity contribution in [3.8, 4) is 0 Å². The van der Waals surface area contributed by atoms with Crippen molar-refractivity contribution < 1.29 is 18.0 Å². The van der Waals surface area contributed by atoms with Gasteiger partial charge in [0.1, 0.15) is 10.7 Å². The van der Waals surface area contributed by atoms with Crippen LogP contribution in [0.5, 0.6) is 0 Å². The smallest absolute Gasteiger partial charge is 0.286 e. The number of sulfonamides is 1. The number of halogens is 1. The van der Waals surface area contributed by atoms with Gasteiger partial charge in [-0.2, -0.15) is 8.42 Å². The average molecular weight is 475 g/mol. The molecule has 0 spiro atoms. The van der Waals surface area contributed by atoms with Crippen LogP contribution in [0.4, 0.5) is 11.4 Å². The normalized spacial score (nSPS) is 16.9. The predicted octanol–water partition coefficient (Wildman–Crippen LogP) is 3.34. The Morgan fingerprint density at radius 1 is 1.12 bits per heavy atom. The lowest BCUT2D eigenvalue weighted by molar-refractivity contribution is -0.117. The van der Waals surface area contributed by atoms with E-state index < -0.39 is 21.8 Å². The van der Waals surface area contributed by atoms with Crippen molar-refractivity contribution in [3.05, 3.63) is 53.1 Å². The molecule has 2 heterocycles. The van der Waals surface area contributed by atoms with Crippen molar-refractivity contribution in [2.75, 3.05) is 22.9 Å². The average Bonchev–Trinajstić information content (AvgIpc) is 2.99. The molecule has 0 aromatic heterocycles. The number of primary amides is 1. The summed E-state index contributed by atoms with van der Waals surface area (Å²) in [5.41, 5.74) is 6.30. The maximum absolute atomic E-state index is 13.5. The third kappa shape index (κ3) is 4.35. The Kier molecular flexibility index (Phi) is 6.21. The van der Waals surface area contributed by atoms with E-state index in [1.165, 1.54) is 17.0 Å². The topological polar surface area (TPSA) is 113 Å². The number of fused-ring (bicyclic) bond motifs is 3. The van der Waals surface area contributed by atoms with Gasteiger partial charge in [0, 0.05) is 31.6 Å². The third-order valence-electron chi connectivity index (χ3n) is 5.56. The lowest BCUT2D eigenvalue weighted by Crippen LogP contribution is -2.36. The second kappa shape index (κ2) is 8.91. The molecule has 2 N–H and O–H groups in total. The van der Waals surface area contributed by atoms with Crippen molar-refractivity contribution in [1.29, 1.82) is 0 Å². The fourth-order valence-electron chi connectivity index (χ4n) is 3.98. The SMILES string of the molecule is NC(=O)CCN(C(=O)c1cc2c(cc1Cl)N1CCCCCC1=NS2(=O)=O)c1ccccc1. The molecule has 1 saturated heterocycles. The highest BCUT2D eigenvalue weighted by molar-refractivity contribution is 7.90. The molecule has 0 saturated carbocycles. The molecule has 2 aliphatic heterocycles. The van der Waals surface area contributed by atoms with Crippen LogP contribution in [0.25, 0.3) is 0 Å². The molecule has 2 aromatic rings. The first-order chi connectivity index (χ1) is 15.3. The minimum absolute atomic E-state index is 0.0239. The molecule has 0 bridgehead atoms. The van der Waals surface area contributed by atoms with Crippen LogP contribution in [0.2, 0.25) is 5.02 Å². The Hall–Kier alpha value is -2.91. The molecule has 2 aliphatic rings. The number of para-hydroxylation sites is 1. The molecule has 10 heteroatoms. The summed E-state index contributed by atoms with van der Waals surface area (Å²) in [6.07, 6.45) is 3.29. The highest BCUT2D eigenvalue weighted by atomic mass is 35.5. The van der Waals surface area contributed by atoms with E-state index in [-0.39, 0.29) is 28.4 Å². The zero-order valence-corrected chi connectivity index (χ0v) is 18.9.